The van der Waals surface area contributed by atoms with Gasteiger partial charge in [-0.2, -0.15) is 5.26 Å². The molecule has 6 nitrogen and oxygen atoms in total. The summed E-state index contributed by atoms with van der Waals surface area (Å²) >= 11 is 0. The van der Waals surface area contributed by atoms with Crippen molar-refractivity contribution in [2.75, 3.05) is 10.6 Å². The van der Waals surface area contributed by atoms with Crippen molar-refractivity contribution in [1.82, 2.24) is 9.97 Å². The molecule has 0 radical (unpaired) electrons. The first kappa shape index (κ1) is 19.1. The molecule has 0 bridgehead atoms. The molecule has 2 aromatic carbocycles. The second kappa shape index (κ2) is 8.31. The van der Waals surface area contributed by atoms with E-state index in [-0.39, 0.29) is 11.6 Å². The van der Waals surface area contributed by atoms with Gasteiger partial charge in [0.05, 0.1) is 11.6 Å². The molecule has 1 amide bonds. The monoisotopic (exact) mass is 371 g/mol. The van der Waals surface area contributed by atoms with Crippen LogP contribution in [-0.4, -0.2) is 15.9 Å². The van der Waals surface area contributed by atoms with Crippen molar-refractivity contribution < 1.29 is 4.79 Å². The molecule has 1 heterocycles. The van der Waals surface area contributed by atoms with Crippen LogP contribution >= 0.6 is 0 Å². The summed E-state index contributed by atoms with van der Waals surface area (Å²) < 4.78 is 0. The lowest BCUT2D eigenvalue weighted by atomic mass is 10.1. The van der Waals surface area contributed by atoms with Gasteiger partial charge in [-0.25, -0.2) is 9.97 Å². The minimum Gasteiger partial charge on any atom is -0.324 e. The maximum atomic E-state index is 12.6. The number of aromatic nitrogens is 2. The highest BCUT2D eigenvalue weighted by Gasteiger charge is 2.13. The number of amides is 1. The third-order valence-corrected chi connectivity index (χ3v) is 4.34. The number of aryl methyl sites for hydroxylation is 3. The minimum atomic E-state index is -0.334. The predicted octanol–water partition coefficient (Wildman–Crippen LogP) is 4.52. The molecule has 0 atom stereocenters. The van der Waals surface area contributed by atoms with E-state index in [0.717, 1.165) is 23.2 Å². The Morgan fingerprint density at radius 1 is 1.11 bits per heavy atom. The van der Waals surface area contributed by atoms with Crippen LogP contribution in [0.2, 0.25) is 0 Å². The van der Waals surface area contributed by atoms with Crippen molar-refractivity contribution >= 4 is 23.2 Å². The number of nitrogens with one attached hydrogen (secondary N) is 2. The van der Waals surface area contributed by atoms with Crippen molar-refractivity contribution in [3.63, 3.8) is 0 Å². The molecule has 1 aromatic heterocycles. The number of para-hydroxylation sites is 1. The number of hydrogen-bond donors (Lipinski definition) is 2. The molecule has 3 rings (SSSR count). The first-order chi connectivity index (χ1) is 13.5. The molecule has 6 heteroatoms. The van der Waals surface area contributed by atoms with Gasteiger partial charge in [0.25, 0.3) is 5.91 Å². The Labute approximate surface area is 164 Å². The van der Waals surface area contributed by atoms with Crippen molar-refractivity contribution in [2.24, 2.45) is 0 Å². The summed E-state index contributed by atoms with van der Waals surface area (Å²) in [5, 5.41) is 14.9. The Morgan fingerprint density at radius 3 is 2.54 bits per heavy atom. The highest BCUT2D eigenvalue weighted by molar-refractivity contribution is 6.03. The number of benzene rings is 2. The van der Waals surface area contributed by atoms with E-state index >= 15 is 0 Å². The van der Waals surface area contributed by atoms with Crippen LogP contribution in [-0.2, 0) is 6.42 Å². The van der Waals surface area contributed by atoms with Crippen molar-refractivity contribution in [3.05, 3.63) is 76.6 Å². The predicted molar refractivity (Wildman–Crippen MR) is 110 cm³/mol. The van der Waals surface area contributed by atoms with Gasteiger partial charge >= 0.3 is 0 Å². The molecule has 0 saturated heterocycles. The fraction of sp³-hybridized carbons (Fsp3) is 0.182. The molecule has 0 fully saturated rings. The number of rotatable bonds is 5. The maximum absolute atomic E-state index is 12.6. The lowest BCUT2D eigenvalue weighted by Crippen LogP contribution is -2.15. The molecule has 0 unspecified atom stereocenters. The fourth-order valence-corrected chi connectivity index (χ4v) is 2.88. The second-order valence-electron chi connectivity index (χ2n) is 6.45. The Bertz CT molecular complexity index is 1050. The summed E-state index contributed by atoms with van der Waals surface area (Å²) in [5.41, 5.74) is 5.31. The van der Waals surface area contributed by atoms with Gasteiger partial charge in [-0.3, -0.25) is 4.79 Å². The highest BCUT2D eigenvalue weighted by Crippen LogP contribution is 2.24. The molecule has 140 valence electrons. The van der Waals surface area contributed by atoms with Gasteiger partial charge in [-0.15, -0.1) is 0 Å². The van der Waals surface area contributed by atoms with Crippen LogP contribution in [0.1, 0.15) is 39.8 Å². The second-order valence-corrected chi connectivity index (χ2v) is 6.45. The number of nitrogens with zero attached hydrogens (tertiary/aromatic N) is 3. The van der Waals surface area contributed by atoms with E-state index in [4.69, 9.17) is 5.26 Å². The van der Waals surface area contributed by atoms with Gasteiger partial charge in [0, 0.05) is 17.1 Å². The zero-order valence-electron chi connectivity index (χ0n) is 16.1. The lowest BCUT2D eigenvalue weighted by Gasteiger charge is -2.14. The van der Waals surface area contributed by atoms with Gasteiger partial charge in [0.15, 0.2) is 0 Å². The zero-order valence-corrected chi connectivity index (χ0v) is 16.1. The third kappa shape index (κ3) is 4.33. The molecule has 0 spiro atoms. The summed E-state index contributed by atoms with van der Waals surface area (Å²) in [5.74, 6) is 0.0488. The Morgan fingerprint density at radius 2 is 1.86 bits per heavy atom. The van der Waals surface area contributed by atoms with E-state index in [0.29, 0.717) is 22.9 Å². The topological polar surface area (TPSA) is 90.7 Å². The number of nitriles is 1. The average Bonchev–Trinajstić information content (AvgIpc) is 2.69. The number of carbonyl (C=O) groups excluding carboxylic acids is 1. The summed E-state index contributed by atoms with van der Waals surface area (Å²) in [6.45, 7) is 5.94. The summed E-state index contributed by atoms with van der Waals surface area (Å²) in [6.07, 6.45) is 0.877. The lowest BCUT2D eigenvalue weighted by molar-refractivity contribution is 0.102. The van der Waals surface area contributed by atoms with Crippen molar-refractivity contribution in [2.45, 2.75) is 27.2 Å². The van der Waals surface area contributed by atoms with Crippen LogP contribution in [0.15, 0.2) is 48.5 Å². The van der Waals surface area contributed by atoms with Gasteiger partial charge in [0.1, 0.15) is 5.69 Å². The Balaban J connectivity index is 1.85. The molecule has 3 aromatic rings. The maximum Gasteiger partial charge on any atom is 0.274 e. The molecule has 0 saturated carbocycles. The van der Waals surface area contributed by atoms with Gasteiger partial charge in [-0.1, -0.05) is 25.1 Å². The van der Waals surface area contributed by atoms with E-state index in [9.17, 15) is 4.79 Å². The molecular weight excluding hydrogens is 350 g/mol. The molecule has 0 aliphatic rings. The summed E-state index contributed by atoms with van der Waals surface area (Å²) in [4.78, 5) is 21.4. The van der Waals surface area contributed by atoms with Crippen molar-refractivity contribution in [3.8, 4) is 6.07 Å². The molecule has 0 aliphatic heterocycles. The SMILES string of the molecule is CCc1cccc(C)c1Nc1nc(C)cc(C(=O)Nc2ccc(C#N)cc2)n1. The van der Waals surface area contributed by atoms with Gasteiger partial charge in [-0.05, 0) is 61.7 Å². The van der Waals surface area contributed by atoms with Gasteiger partial charge in [0.2, 0.25) is 5.95 Å². The quantitative estimate of drug-likeness (QED) is 0.688. The van der Waals surface area contributed by atoms with E-state index in [1.807, 2.05) is 32.0 Å². The molecule has 0 aliphatic carbocycles. The zero-order chi connectivity index (χ0) is 20.1. The Hall–Kier alpha value is -3.72. The summed E-state index contributed by atoms with van der Waals surface area (Å²) in [7, 11) is 0. The first-order valence-corrected chi connectivity index (χ1v) is 9.03. The Kier molecular flexibility index (Phi) is 5.66. The normalized spacial score (nSPS) is 10.2. The van der Waals surface area contributed by atoms with Crippen molar-refractivity contribution in [1.29, 1.82) is 5.26 Å². The van der Waals surface area contributed by atoms with E-state index < -0.39 is 0 Å². The largest absolute Gasteiger partial charge is 0.324 e. The van der Waals surface area contributed by atoms with Gasteiger partial charge < -0.3 is 10.6 Å². The standard InChI is InChI=1S/C22H21N5O/c1-4-17-7-5-6-14(2)20(17)27-22-24-15(3)12-19(26-22)21(28)25-18-10-8-16(13-23)9-11-18/h5-12H,4H2,1-3H3,(H,25,28)(H,24,26,27). The molecular formula is C22H21N5O. The number of hydrogen-bond acceptors (Lipinski definition) is 5. The summed E-state index contributed by atoms with van der Waals surface area (Å²) in [6, 6.07) is 16.5. The molecule has 28 heavy (non-hydrogen) atoms. The average molecular weight is 371 g/mol. The van der Waals surface area contributed by atoms with Crippen LogP contribution in [0, 0.1) is 25.2 Å². The van der Waals surface area contributed by atoms with Crippen LogP contribution in [0.25, 0.3) is 0 Å². The third-order valence-electron chi connectivity index (χ3n) is 4.34. The fourth-order valence-electron chi connectivity index (χ4n) is 2.88. The van der Waals surface area contributed by atoms with Crippen LogP contribution < -0.4 is 10.6 Å². The highest BCUT2D eigenvalue weighted by atomic mass is 16.1. The smallest absolute Gasteiger partial charge is 0.274 e. The van der Waals surface area contributed by atoms with Crippen LogP contribution in [0.4, 0.5) is 17.3 Å². The number of anilines is 3. The minimum absolute atomic E-state index is 0.269. The van der Waals surface area contributed by atoms with E-state index in [1.54, 1.807) is 30.3 Å². The van der Waals surface area contributed by atoms with Crippen LogP contribution in [0.5, 0.6) is 0 Å². The number of carbonyl (C=O) groups is 1. The first-order valence-electron chi connectivity index (χ1n) is 9.03. The van der Waals surface area contributed by atoms with E-state index in [2.05, 4.69) is 33.6 Å². The molecule has 2 N–H and O–H groups in total. The van der Waals surface area contributed by atoms with Crippen LogP contribution in [0.3, 0.4) is 0 Å². The van der Waals surface area contributed by atoms with E-state index in [1.165, 1.54) is 0 Å².